The maximum absolute atomic E-state index is 16.5. The molecule has 2 aliphatic heterocycles. The Balaban J connectivity index is 1.16. The molecule has 1 aliphatic carbocycles. The van der Waals surface area contributed by atoms with Gasteiger partial charge in [-0.2, -0.15) is 5.10 Å². The van der Waals surface area contributed by atoms with E-state index in [0.717, 1.165) is 49.1 Å². The smallest absolute Gasteiger partial charge is 0.227 e. The fourth-order valence-corrected chi connectivity index (χ4v) is 6.50. The minimum Gasteiger partial charge on any atom is -0.372 e. The number of rotatable bonds is 5. The molecule has 2 fully saturated rings. The second-order valence-corrected chi connectivity index (χ2v) is 11.5. The summed E-state index contributed by atoms with van der Waals surface area (Å²) in [7, 11) is 1.75. The van der Waals surface area contributed by atoms with Gasteiger partial charge in [0, 0.05) is 47.7 Å². The summed E-state index contributed by atoms with van der Waals surface area (Å²) in [6, 6.07) is 9.87. The van der Waals surface area contributed by atoms with Gasteiger partial charge in [0.25, 0.3) is 0 Å². The molecule has 44 heavy (non-hydrogen) atoms. The lowest BCUT2D eigenvalue weighted by Gasteiger charge is -2.20. The first-order chi connectivity index (χ1) is 21.5. The zero-order valence-corrected chi connectivity index (χ0v) is 23.9. The Hall–Kier alpha value is -5.19. The number of aryl methyl sites for hydroxylation is 1. The number of hydrogen-bond donors (Lipinski definition) is 3. The van der Waals surface area contributed by atoms with E-state index in [1.54, 1.807) is 54.6 Å². The molecule has 6 heterocycles. The number of pyridine rings is 3. The van der Waals surface area contributed by atoms with Crippen LogP contribution in [0.4, 0.5) is 20.2 Å². The highest BCUT2D eigenvalue weighted by Gasteiger charge is 2.43. The number of benzene rings is 1. The van der Waals surface area contributed by atoms with Gasteiger partial charge in [-0.05, 0) is 37.1 Å². The summed E-state index contributed by atoms with van der Waals surface area (Å²) < 4.78 is 32.8. The molecule has 0 spiro atoms. The third-order valence-electron chi connectivity index (χ3n) is 8.77. The zero-order valence-electron chi connectivity index (χ0n) is 23.9. The molecule has 1 amide bonds. The average Bonchev–Trinajstić information content (AvgIpc) is 3.78. The fraction of sp³-hybridized carbons (Fsp3) is 0.242. The minimum absolute atomic E-state index is 0.0161. The first-order valence-electron chi connectivity index (χ1n) is 14.8. The van der Waals surface area contributed by atoms with Gasteiger partial charge in [0.2, 0.25) is 5.91 Å². The maximum atomic E-state index is 16.5. The Morgan fingerprint density at radius 1 is 1.00 bits per heavy atom. The Kier molecular flexibility index (Phi) is 6.14. The molecule has 1 saturated heterocycles. The lowest BCUT2D eigenvalue weighted by molar-refractivity contribution is -0.120. The van der Waals surface area contributed by atoms with E-state index in [9.17, 15) is 9.18 Å². The van der Waals surface area contributed by atoms with Crippen LogP contribution in [0.5, 0.6) is 0 Å². The van der Waals surface area contributed by atoms with Gasteiger partial charge in [-0.3, -0.25) is 24.4 Å². The maximum Gasteiger partial charge on any atom is 0.227 e. The molecule has 1 aromatic carbocycles. The van der Waals surface area contributed by atoms with Crippen molar-refractivity contribution in [2.24, 2.45) is 13.0 Å². The Bertz CT molecular complexity index is 2010. The third kappa shape index (κ3) is 4.30. The molecule has 11 heteroatoms. The number of aromatic nitrogens is 5. The normalized spacial score (nSPS) is 17.5. The summed E-state index contributed by atoms with van der Waals surface area (Å²) in [5.74, 6) is -0.935. The summed E-state index contributed by atoms with van der Waals surface area (Å²) in [6.45, 7) is 0. The lowest BCUT2D eigenvalue weighted by Crippen LogP contribution is -2.24. The van der Waals surface area contributed by atoms with Crippen LogP contribution in [0.15, 0.2) is 66.9 Å². The van der Waals surface area contributed by atoms with E-state index in [4.69, 9.17) is 5.10 Å². The van der Waals surface area contributed by atoms with E-state index < -0.39 is 5.82 Å². The number of fused-ring (bicyclic) bond motifs is 4. The molecule has 1 saturated carbocycles. The summed E-state index contributed by atoms with van der Waals surface area (Å²) in [4.78, 5) is 26.1. The quantitative estimate of drug-likeness (QED) is 0.205. The van der Waals surface area contributed by atoms with Crippen LogP contribution in [0, 0.1) is 17.6 Å². The highest BCUT2D eigenvalue weighted by molar-refractivity contribution is 6.00. The van der Waals surface area contributed by atoms with Gasteiger partial charge in [0.15, 0.2) is 5.82 Å². The van der Waals surface area contributed by atoms with Crippen molar-refractivity contribution < 1.29 is 13.6 Å². The molecular formula is C33H28F2N8O. The van der Waals surface area contributed by atoms with Crippen molar-refractivity contribution in [2.75, 3.05) is 10.6 Å². The molecule has 9 nitrogen and oxygen atoms in total. The molecule has 220 valence electrons. The van der Waals surface area contributed by atoms with Gasteiger partial charge in [0.1, 0.15) is 17.2 Å². The number of halogens is 2. The second kappa shape index (κ2) is 10.2. The predicted molar refractivity (Wildman–Crippen MR) is 163 cm³/mol. The van der Waals surface area contributed by atoms with Crippen molar-refractivity contribution >= 4 is 33.9 Å². The second-order valence-electron chi connectivity index (χ2n) is 11.5. The summed E-state index contributed by atoms with van der Waals surface area (Å²) in [6.07, 6.45) is 11.3. The largest absolute Gasteiger partial charge is 0.372 e. The van der Waals surface area contributed by atoms with Crippen molar-refractivity contribution in [3.63, 3.8) is 0 Å². The van der Waals surface area contributed by atoms with E-state index in [1.165, 1.54) is 12.3 Å². The molecule has 4 aromatic heterocycles. The van der Waals surface area contributed by atoms with Crippen LogP contribution in [0.2, 0.25) is 0 Å². The van der Waals surface area contributed by atoms with Crippen LogP contribution in [0.1, 0.15) is 49.4 Å². The molecule has 8 rings (SSSR count). The van der Waals surface area contributed by atoms with Gasteiger partial charge in [0.05, 0.1) is 52.1 Å². The van der Waals surface area contributed by atoms with Gasteiger partial charge >= 0.3 is 0 Å². The van der Waals surface area contributed by atoms with Crippen LogP contribution in [0.25, 0.3) is 39.1 Å². The van der Waals surface area contributed by atoms with Crippen molar-refractivity contribution in [3.8, 4) is 22.5 Å². The average molecular weight is 591 g/mol. The van der Waals surface area contributed by atoms with E-state index in [0.29, 0.717) is 44.8 Å². The predicted octanol–water partition coefficient (Wildman–Crippen LogP) is 6.33. The molecule has 3 N–H and O–H groups in total. The van der Waals surface area contributed by atoms with Crippen molar-refractivity contribution in [1.29, 1.82) is 0 Å². The highest BCUT2D eigenvalue weighted by Crippen LogP contribution is 2.50. The Morgan fingerprint density at radius 2 is 1.84 bits per heavy atom. The van der Waals surface area contributed by atoms with Crippen LogP contribution in [0.3, 0.4) is 0 Å². The van der Waals surface area contributed by atoms with E-state index in [-0.39, 0.29) is 29.4 Å². The SMILES string of the molecule is Cn1nc(C2=C3NC3c3c(ccnc3-c3ccccc3F)N2)c2c(F)c(-c3cncc(NC(=O)C4CCCCC4)c3)ncc21. The van der Waals surface area contributed by atoms with Gasteiger partial charge in [-0.15, -0.1) is 0 Å². The zero-order chi connectivity index (χ0) is 29.9. The molecule has 3 aliphatic rings. The molecule has 5 aromatic rings. The third-order valence-corrected chi connectivity index (χ3v) is 8.77. The standard InChI is InChI=1S/C33H28F2N8O/c1-43-23-16-38-27(18-13-19(15-36-14-18)39-33(44)17-7-3-2-4-8-17)26(35)25(23)30(42-43)32-31-29(41-31)24-22(40-32)11-12-37-28(24)20-9-5-6-10-21(20)34/h5-6,9-17,29,40-41H,2-4,7-8H2,1H3,(H,39,44). The minimum atomic E-state index is -0.539. The first kappa shape index (κ1) is 26.4. The number of carbonyl (C=O) groups excluding carboxylic acids is 1. The number of anilines is 2. The fourth-order valence-electron chi connectivity index (χ4n) is 6.50. The van der Waals surface area contributed by atoms with Crippen LogP contribution < -0.4 is 16.0 Å². The number of hydrogen-bond acceptors (Lipinski definition) is 7. The van der Waals surface area contributed by atoms with Gasteiger partial charge in [-0.25, -0.2) is 8.78 Å². The first-order valence-corrected chi connectivity index (χ1v) is 14.8. The summed E-state index contributed by atoms with van der Waals surface area (Å²) in [5.41, 5.74) is 6.02. The van der Waals surface area contributed by atoms with Crippen LogP contribution in [-0.2, 0) is 11.8 Å². The van der Waals surface area contributed by atoms with Crippen molar-refractivity contribution in [3.05, 3.63) is 89.8 Å². The number of amides is 1. The molecule has 0 bridgehead atoms. The van der Waals surface area contributed by atoms with Crippen LogP contribution >= 0.6 is 0 Å². The van der Waals surface area contributed by atoms with E-state index in [2.05, 4.69) is 30.9 Å². The highest BCUT2D eigenvalue weighted by atomic mass is 19.1. The van der Waals surface area contributed by atoms with Crippen molar-refractivity contribution in [2.45, 2.75) is 38.1 Å². The molecule has 0 radical (unpaired) electrons. The topological polar surface area (TPSA) is 120 Å². The number of nitrogens with one attached hydrogen (secondary N) is 3. The molecule has 1 unspecified atom stereocenters. The van der Waals surface area contributed by atoms with E-state index >= 15 is 4.39 Å². The summed E-state index contributed by atoms with van der Waals surface area (Å²) >= 11 is 0. The number of carbonyl (C=O) groups is 1. The van der Waals surface area contributed by atoms with Gasteiger partial charge < -0.3 is 16.0 Å². The van der Waals surface area contributed by atoms with Gasteiger partial charge in [-0.1, -0.05) is 31.4 Å². The monoisotopic (exact) mass is 590 g/mol. The van der Waals surface area contributed by atoms with E-state index in [1.807, 2.05) is 6.07 Å². The molecular weight excluding hydrogens is 562 g/mol. The summed E-state index contributed by atoms with van der Waals surface area (Å²) in [5, 5.41) is 14.8. The molecule has 1 atom stereocenters. The Morgan fingerprint density at radius 3 is 2.68 bits per heavy atom. The Labute approximate surface area is 251 Å². The lowest BCUT2D eigenvalue weighted by atomic mass is 9.88. The van der Waals surface area contributed by atoms with Crippen LogP contribution in [-0.4, -0.2) is 30.6 Å². The van der Waals surface area contributed by atoms with Crippen molar-refractivity contribution in [1.82, 2.24) is 30.0 Å². The number of nitrogens with zero attached hydrogens (tertiary/aromatic N) is 5.